The molecule has 0 unspecified atom stereocenters. The number of benzene rings is 1. The highest BCUT2D eigenvalue weighted by Crippen LogP contribution is 2.33. The van der Waals surface area contributed by atoms with Gasteiger partial charge in [0, 0.05) is 12.6 Å². The van der Waals surface area contributed by atoms with Crippen LogP contribution in [0.15, 0.2) is 12.1 Å². The molecule has 0 aliphatic heterocycles. The molecular weight excluding hydrogens is 280 g/mol. The van der Waals surface area contributed by atoms with Crippen molar-refractivity contribution in [1.82, 2.24) is 5.32 Å². The molecule has 0 radical (unpaired) electrons. The van der Waals surface area contributed by atoms with E-state index in [1.165, 1.54) is 12.8 Å². The van der Waals surface area contributed by atoms with E-state index in [1.54, 1.807) is 12.1 Å². The fraction of sp³-hybridized carbons (Fsp3) is 0.500. The van der Waals surface area contributed by atoms with E-state index in [9.17, 15) is 0 Å². The van der Waals surface area contributed by atoms with Gasteiger partial charge in [-0.15, -0.1) is 0 Å². The Morgan fingerprint density at radius 2 is 1.82 bits per heavy atom. The summed E-state index contributed by atoms with van der Waals surface area (Å²) in [7, 11) is 0. The normalized spacial score (nSPS) is 15.0. The van der Waals surface area contributed by atoms with Crippen LogP contribution >= 0.6 is 34.8 Å². The summed E-state index contributed by atoms with van der Waals surface area (Å²) in [6, 6.07) is 3.24. The van der Waals surface area contributed by atoms with Gasteiger partial charge in [0.2, 0.25) is 0 Å². The van der Waals surface area contributed by atoms with Gasteiger partial charge < -0.3 is 10.1 Å². The van der Waals surface area contributed by atoms with Gasteiger partial charge in [-0.3, -0.25) is 0 Å². The molecule has 0 aromatic heterocycles. The van der Waals surface area contributed by atoms with Gasteiger partial charge in [0.05, 0.1) is 15.1 Å². The van der Waals surface area contributed by atoms with E-state index in [0.717, 1.165) is 19.0 Å². The molecule has 0 heterocycles. The van der Waals surface area contributed by atoms with Gasteiger partial charge in [-0.05, 0) is 31.4 Å². The summed E-state index contributed by atoms with van der Waals surface area (Å²) in [6.45, 7) is 2.47. The molecule has 2 rings (SSSR count). The van der Waals surface area contributed by atoms with Crippen molar-refractivity contribution >= 4 is 34.8 Å². The Bertz CT molecular complexity index is 394. The Kier molecular flexibility index (Phi) is 4.80. The van der Waals surface area contributed by atoms with Crippen molar-refractivity contribution in [3.8, 4) is 5.75 Å². The van der Waals surface area contributed by atoms with Crippen LogP contribution in [0.5, 0.6) is 5.75 Å². The van der Waals surface area contributed by atoms with E-state index in [1.807, 2.05) is 0 Å². The summed E-state index contributed by atoms with van der Waals surface area (Å²) in [4.78, 5) is 0. The molecule has 1 N–H and O–H groups in total. The second-order valence-corrected chi connectivity index (χ2v) is 5.41. The third-order valence-corrected chi connectivity index (χ3v) is 3.66. The standard InChI is InChI=1S/C12H14Cl3NO/c13-9-5-11(15)12(6-10(9)14)17-4-3-16-7-8-1-2-8/h5-6,8,16H,1-4,7H2. The smallest absolute Gasteiger partial charge is 0.139 e. The molecule has 0 spiro atoms. The lowest BCUT2D eigenvalue weighted by Crippen LogP contribution is -2.23. The molecule has 94 valence electrons. The number of halogens is 3. The second kappa shape index (κ2) is 6.14. The van der Waals surface area contributed by atoms with Crippen molar-refractivity contribution in [3.05, 3.63) is 27.2 Å². The molecule has 5 heteroatoms. The lowest BCUT2D eigenvalue weighted by Gasteiger charge is -2.09. The van der Waals surface area contributed by atoms with Crippen molar-refractivity contribution in [1.29, 1.82) is 0 Å². The third-order valence-electron chi connectivity index (χ3n) is 2.64. The molecule has 1 aromatic carbocycles. The zero-order valence-corrected chi connectivity index (χ0v) is 11.6. The minimum absolute atomic E-state index is 0.441. The average molecular weight is 295 g/mol. The minimum atomic E-state index is 0.441. The molecule has 1 aliphatic rings. The van der Waals surface area contributed by atoms with Crippen LogP contribution in [0.4, 0.5) is 0 Å². The molecule has 0 atom stereocenters. The van der Waals surface area contributed by atoms with E-state index in [-0.39, 0.29) is 0 Å². The fourth-order valence-electron chi connectivity index (χ4n) is 1.48. The summed E-state index contributed by atoms with van der Waals surface area (Å²) in [5, 5.41) is 4.72. The maximum Gasteiger partial charge on any atom is 0.139 e. The SMILES string of the molecule is Clc1cc(Cl)c(OCCNCC2CC2)cc1Cl. The van der Waals surface area contributed by atoms with E-state index in [2.05, 4.69) is 5.32 Å². The summed E-state index contributed by atoms with van der Waals surface area (Å²) in [6.07, 6.45) is 2.71. The van der Waals surface area contributed by atoms with E-state index in [0.29, 0.717) is 27.4 Å². The van der Waals surface area contributed by atoms with Crippen LogP contribution in [0.1, 0.15) is 12.8 Å². The molecule has 1 aliphatic carbocycles. The molecule has 0 bridgehead atoms. The van der Waals surface area contributed by atoms with Gasteiger partial charge >= 0.3 is 0 Å². The highest BCUT2D eigenvalue weighted by molar-refractivity contribution is 6.43. The van der Waals surface area contributed by atoms with Crippen LogP contribution in [-0.2, 0) is 0 Å². The molecule has 0 saturated heterocycles. The van der Waals surface area contributed by atoms with E-state index < -0.39 is 0 Å². The molecular formula is C12H14Cl3NO. The lowest BCUT2D eigenvalue weighted by atomic mass is 10.3. The van der Waals surface area contributed by atoms with Crippen LogP contribution in [0, 0.1) is 5.92 Å². The Morgan fingerprint density at radius 3 is 2.53 bits per heavy atom. The second-order valence-electron chi connectivity index (χ2n) is 4.19. The van der Waals surface area contributed by atoms with E-state index >= 15 is 0 Å². The monoisotopic (exact) mass is 293 g/mol. The summed E-state index contributed by atoms with van der Waals surface area (Å²) < 4.78 is 5.54. The minimum Gasteiger partial charge on any atom is -0.491 e. The Hall–Kier alpha value is -0.150. The van der Waals surface area contributed by atoms with Gasteiger partial charge in [-0.25, -0.2) is 0 Å². The van der Waals surface area contributed by atoms with Gasteiger partial charge in [-0.2, -0.15) is 0 Å². The molecule has 1 aromatic rings. The molecule has 0 amide bonds. The molecule has 1 fully saturated rings. The summed E-state index contributed by atoms with van der Waals surface area (Å²) in [5.74, 6) is 1.46. The maximum absolute atomic E-state index is 5.99. The van der Waals surface area contributed by atoms with Gasteiger partial charge in [0.15, 0.2) is 0 Å². The number of hydrogen-bond acceptors (Lipinski definition) is 2. The lowest BCUT2D eigenvalue weighted by molar-refractivity contribution is 0.313. The Morgan fingerprint density at radius 1 is 1.12 bits per heavy atom. The van der Waals surface area contributed by atoms with Crippen molar-refractivity contribution in [2.75, 3.05) is 19.7 Å². The molecule has 17 heavy (non-hydrogen) atoms. The first-order valence-corrected chi connectivity index (χ1v) is 6.78. The first-order valence-electron chi connectivity index (χ1n) is 5.65. The van der Waals surface area contributed by atoms with Gasteiger partial charge in [-0.1, -0.05) is 34.8 Å². The van der Waals surface area contributed by atoms with Crippen molar-refractivity contribution in [2.24, 2.45) is 5.92 Å². The van der Waals surface area contributed by atoms with Gasteiger partial charge in [0.25, 0.3) is 0 Å². The quantitative estimate of drug-likeness (QED) is 0.632. The highest BCUT2D eigenvalue weighted by Gasteiger charge is 2.19. The summed E-state index contributed by atoms with van der Waals surface area (Å²) in [5.41, 5.74) is 0. The van der Waals surface area contributed by atoms with Crippen LogP contribution in [0.25, 0.3) is 0 Å². The predicted octanol–water partition coefficient (Wildman–Crippen LogP) is 4.03. The predicted molar refractivity (Wildman–Crippen MR) is 72.6 cm³/mol. The number of nitrogens with one attached hydrogen (secondary N) is 1. The number of rotatable bonds is 6. The number of ether oxygens (including phenoxy) is 1. The molecule has 2 nitrogen and oxygen atoms in total. The maximum atomic E-state index is 5.99. The van der Waals surface area contributed by atoms with Crippen molar-refractivity contribution in [2.45, 2.75) is 12.8 Å². The van der Waals surface area contributed by atoms with Gasteiger partial charge in [0.1, 0.15) is 12.4 Å². The largest absolute Gasteiger partial charge is 0.491 e. The van der Waals surface area contributed by atoms with E-state index in [4.69, 9.17) is 39.5 Å². The van der Waals surface area contributed by atoms with Crippen LogP contribution in [-0.4, -0.2) is 19.7 Å². The first-order chi connectivity index (χ1) is 8.16. The topological polar surface area (TPSA) is 21.3 Å². The molecule has 1 saturated carbocycles. The van der Waals surface area contributed by atoms with Crippen LogP contribution < -0.4 is 10.1 Å². The Balaban J connectivity index is 1.75. The zero-order valence-electron chi connectivity index (χ0n) is 9.31. The fourth-order valence-corrected chi connectivity index (χ4v) is 2.07. The Labute approximate surface area is 116 Å². The average Bonchev–Trinajstić information content (AvgIpc) is 3.08. The first kappa shape index (κ1) is 13.3. The van der Waals surface area contributed by atoms with Crippen molar-refractivity contribution in [3.63, 3.8) is 0 Å². The van der Waals surface area contributed by atoms with Crippen LogP contribution in [0.2, 0.25) is 15.1 Å². The zero-order chi connectivity index (χ0) is 12.3. The summed E-state index contributed by atoms with van der Waals surface area (Å²) >= 11 is 17.7. The van der Waals surface area contributed by atoms with Crippen LogP contribution in [0.3, 0.4) is 0 Å². The third kappa shape index (κ3) is 4.22. The van der Waals surface area contributed by atoms with Crippen molar-refractivity contribution < 1.29 is 4.74 Å². The number of hydrogen-bond donors (Lipinski definition) is 1. The highest BCUT2D eigenvalue weighted by atomic mass is 35.5.